The molecule has 36 heavy (non-hydrogen) atoms. The van der Waals surface area contributed by atoms with Crippen LogP contribution in [-0.2, 0) is 25.1 Å². The Bertz CT molecular complexity index is 863. The Morgan fingerprint density at radius 3 is 2.25 bits per heavy atom. The van der Waals surface area contributed by atoms with E-state index in [0.717, 1.165) is 6.42 Å². The highest BCUT2D eigenvalue weighted by molar-refractivity contribution is 6.74. The number of benzene rings is 1. The van der Waals surface area contributed by atoms with Crippen molar-refractivity contribution in [3.05, 3.63) is 35.9 Å². The van der Waals surface area contributed by atoms with Crippen LogP contribution in [0.2, 0.25) is 18.1 Å². The van der Waals surface area contributed by atoms with Crippen molar-refractivity contribution in [2.75, 3.05) is 20.2 Å². The van der Waals surface area contributed by atoms with E-state index in [1.807, 2.05) is 58.0 Å². The monoisotopic (exact) mass is 520 g/mol. The first-order valence-corrected chi connectivity index (χ1v) is 16.0. The van der Waals surface area contributed by atoms with Crippen LogP contribution in [0.25, 0.3) is 0 Å². The number of hydrogen-bond acceptors (Lipinski definition) is 5. The molecule has 1 aromatic rings. The minimum atomic E-state index is -2.05. The third-order valence-electron chi connectivity index (χ3n) is 7.31. The standard InChI is InChI=1S/C28H48N2O5Si/c1-20(25(31)29-17-16-21-14-12-11-13-15-21)24(33-8)23-18-22(35-36(9,10)28(5,6)7)19-30(23)26(32)34-27(2,3)4/h11-15,20,22-24H,16-19H2,1-10H3,(H,29,31)/t20-,22-,23?,24-/m1/s1. The summed E-state index contributed by atoms with van der Waals surface area (Å²) in [6, 6.07) is 9.74. The fourth-order valence-electron chi connectivity index (χ4n) is 4.33. The molecule has 204 valence electrons. The largest absolute Gasteiger partial charge is 0.444 e. The molecule has 0 bridgehead atoms. The van der Waals surface area contributed by atoms with Gasteiger partial charge in [-0.15, -0.1) is 0 Å². The Labute approximate surface area is 219 Å². The van der Waals surface area contributed by atoms with Crippen molar-refractivity contribution in [1.29, 1.82) is 0 Å². The smallest absolute Gasteiger partial charge is 0.410 e. The van der Waals surface area contributed by atoms with E-state index in [2.05, 4.69) is 39.2 Å². The Hall–Kier alpha value is -1.90. The van der Waals surface area contributed by atoms with Gasteiger partial charge in [0, 0.05) is 20.2 Å². The van der Waals surface area contributed by atoms with Gasteiger partial charge in [-0.2, -0.15) is 0 Å². The van der Waals surface area contributed by atoms with Crippen LogP contribution in [-0.4, -0.2) is 69.3 Å². The normalized spacial score (nSPS) is 20.7. The quantitative estimate of drug-likeness (QED) is 0.442. The number of nitrogens with one attached hydrogen (secondary N) is 1. The van der Waals surface area contributed by atoms with Gasteiger partial charge in [0.1, 0.15) is 5.60 Å². The third kappa shape index (κ3) is 8.31. The predicted octanol–water partition coefficient (Wildman–Crippen LogP) is 5.40. The zero-order valence-corrected chi connectivity index (χ0v) is 25.0. The second-order valence-corrected chi connectivity index (χ2v) is 17.2. The number of carbonyl (C=O) groups is 2. The van der Waals surface area contributed by atoms with Crippen molar-refractivity contribution >= 4 is 20.3 Å². The molecule has 2 rings (SSSR count). The Balaban J connectivity index is 2.16. The highest BCUT2D eigenvalue weighted by Crippen LogP contribution is 2.40. The van der Waals surface area contributed by atoms with Gasteiger partial charge < -0.3 is 19.2 Å². The molecule has 1 fully saturated rings. The summed E-state index contributed by atoms with van der Waals surface area (Å²) in [5.74, 6) is -0.539. The molecule has 1 heterocycles. The minimum Gasteiger partial charge on any atom is -0.444 e. The van der Waals surface area contributed by atoms with E-state index in [1.54, 1.807) is 12.0 Å². The first-order valence-electron chi connectivity index (χ1n) is 13.1. The SMILES string of the molecule is CO[C@@H](C1C[C@@H](O[Si](C)(C)C(C)(C)C)CN1C(=O)OC(C)(C)C)[C@@H](C)C(=O)NCCc1ccccc1. The number of nitrogens with zero attached hydrogens (tertiary/aromatic N) is 1. The Morgan fingerprint density at radius 2 is 1.72 bits per heavy atom. The molecule has 1 aliphatic heterocycles. The lowest BCUT2D eigenvalue weighted by molar-refractivity contribution is -0.130. The lowest BCUT2D eigenvalue weighted by Gasteiger charge is -2.38. The summed E-state index contributed by atoms with van der Waals surface area (Å²) in [6.45, 7) is 19.5. The van der Waals surface area contributed by atoms with E-state index in [9.17, 15) is 9.59 Å². The Kier molecular flexibility index (Phi) is 10.2. The van der Waals surface area contributed by atoms with E-state index in [0.29, 0.717) is 19.5 Å². The molecule has 8 heteroatoms. The molecule has 0 aliphatic carbocycles. The highest BCUT2D eigenvalue weighted by Gasteiger charge is 2.48. The van der Waals surface area contributed by atoms with Gasteiger partial charge in [-0.3, -0.25) is 9.69 Å². The first kappa shape index (κ1) is 30.3. The van der Waals surface area contributed by atoms with Gasteiger partial charge in [0.2, 0.25) is 5.91 Å². The summed E-state index contributed by atoms with van der Waals surface area (Å²) in [5, 5.41) is 3.09. The van der Waals surface area contributed by atoms with Crippen LogP contribution in [0.3, 0.4) is 0 Å². The second-order valence-electron chi connectivity index (χ2n) is 12.5. The maximum Gasteiger partial charge on any atom is 0.410 e. The van der Waals surface area contributed by atoms with Gasteiger partial charge in [-0.05, 0) is 57.3 Å². The summed E-state index contributed by atoms with van der Waals surface area (Å²) < 4.78 is 18.3. The van der Waals surface area contributed by atoms with Gasteiger partial charge in [-0.1, -0.05) is 58.0 Å². The van der Waals surface area contributed by atoms with Crippen LogP contribution >= 0.6 is 0 Å². The van der Waals surface area contributed by atoms with E-state index in [4.69, 9.17) is 13.9 Å². The van der Waals surface area contributed by atoms with Crippen molar-refractivity contribution in [1.82, 2.24) is 10.2 Å². The van der Waals surface area contributed by atoms with Gasteiger partial charge in [0.25, 0.3) is 0 Å². The maximum atomic E-state index is 13.2. The summed E-state index contributed by atoms with van der Waals surface area (Å²) in [6.07, 6.45) is 0.350. The highest BCUT2D eigenvalue weighted by atomic mass is 28.4. The van der Waals surface area contributed by atoms with Crippen LogP contribution < -0.4 is 5.32 Å². The van der Waals surface area contributed by atoms with Crippen molar-refractivity contribution in [3.63, 3.8) is 0 Å². The van der Waals surface area contributed by atoms with E-state index < -0.39 is 32.0 Å². The zero-order valence-electron chi connectivity index (χ0n) is 24.0. The van der Waals surface area contributed by atoms with E-state index in [-0.39, 0.29) is 23.1 Å². The van der Waals surface area contributed by atoms with Gasteiger partial charge >= 0.3 is 6.09 Å². The number of methoxy groups -OCH3 is 1. The lowest BCUT2D eigenvalue weighted by atomic mass is 9.94. The average molecular weight is 521 g/mol. The molecule has 1 N–H and O–H groups in total. The number of carbonyl (C=O) groups excluding carboxylic acids is 2. The molecule has 0 spiro atoms. The van der Waals surface area contributed by atoms with Gasteiger partial charge in [0.15, 0.2) is 8.32 Å². The average Bonchev–Trinajstić information content (AvgIpc) is 3.15. The number of likely N-dealkylation sites (tertiary alicyclic amines) is 1. The van der Waals surface area contributed by atoms with Crippen LogP contribution in [0.4, 0.5) is 4.79 Å². The van der Waals surface area contributed by atoms with Gasteiger partial charge in [0.05, 0.1) is 24.2 Å². The molecular formula is C28H48N2O5Si. The van der Waals surface area contributed by atoms with E-state index >= 15 is 0 Å². The van der Waals surface area contributed by atoms with Crippen molar-refractivity contribution in [3.8, 4) is 0 Å². The molecule has 0 radical (unpaired) electrons. The molecule has 4 atom stereocenters. The third-order valence-corrected chi connectivity index (χ3v) is 11.8. The first-order chi connectivity index (χ1) is 16.6. The number of ether oxygens (including phenoxy) is 2. The molecule has 1 unspecified atom stereocenters. The number of hydrogen-bond donors (Lipinski definition) is 1. The molecule has 1 aliphatic rings. The molecule has 1 aromatic carbocycles. The molecule has 2 amide bonds. The fraction of sp³-hybridized carbons (Fsp3) is 0.714. The molecule has 1 saturated heterocycles. The number of rotatable bonds is 9. The maximum absolute atomic E-state index is 13.2. The van der Waals surface area contributed by atoms with E-state index in [1.165, 1.54) is 5.56 Å². The minimum absolute atomic E-state index is 0.0500. The van der Waals surface area contributed by atoms with Crippen LogP contribution in [0.1, 0.15) is 60.5 Å². The lowest BCUT2D eigenvalue weighted by Crippen LogP contribution is -2.50. The summed E-state index contributed by atoms with van der Waals surface area (Å²) in [7, 11) is -0.449. The summed E-state index contributed by atoms with van der Waals surface area (Å²) in [5.41, 5.74) is 0.550. The van der Waals surface area contributed by atoms with Crippen LogP contribution in [0.5, 0.6) is 0 Å². The van der Waals surface area contributed by atoms with Gasteiger partial charge in [-0.25, -0.2) is 4.79 Å². The molecule has 0 saturated carbocycles. The fourth-order valence-corrected chi connectivity index (χ4v) is 5.68. The van der Waals surface area contributed by atoms with Crippen LogP contribution in [0, 0.1) is 5.92 Å². The topological polar surface area (TPSA) is 77.1 Å². The van der Waals surface area contributed by atoms with Crippen molar-refractivity contribution in [2.45, 2.75) is 103 Å². The summed E-state index contributed by atoms with van der Waals surface area (Å²) in [4.78, 5) is 28.0. The van der Waals surface area contributed by atoms with Crippen molar-refractivity contribution < 1.29 is 23.5 Å². The molecular weight excluding hydrogens is 472 g/mol. The molecule has 0 aromatic heterocycles. The zero-order chi connectivity index (χ0) is 27.3. The Morgan fingerprint density at radius 1 is 1.11 bits per heavy atom. The van der Waals surface area contributed by atoms with Crippen LogP contribution in [0.15, 0.2) is 30.3 Å². The van der Waals surface area contributed by atoms with Crippen molar-refractivity contribution in [2.24, 2.45) is 5.92 Å². The predicted molar refractivity (Wildman–Crippen MR) is 147 cm³/mol. The molecule has 7 nitrogen and oxygen atoms in total. The number of amides is 2. The second kappa shape index (κ2) is 12.1. The summed E-state index contributed by atoms with van der Waals surface area (Å²) >= 11 is 0.